The van der Waals surface area contributed by atoms with Crippen LogP contribution in [-0.4, -0.2) is 29.5 Å². The number of aliphatic hydroxyl groups is 2. The van der Waals surface area contributed by atoms with Gasteiger partial charge in [-0.3, -0.25) is 0 Å². The number of aliphatic hydroxyl groups excluding tert-OH is 2. The van der Waals surface area contributed by atoms with Crippen molar-refractivity contribution in [3.8, 4) is 0 Å². The van der Waals surface area contributed by atoms with Gasteiger partial charge in [0.25, 0.3) is 0 Å². The quantitative estimate of drug-likeness (QED) is 0.643. The van der Waals surface area contributed by atoms with Gasteiger partial charge in [0.05, 0.1) is 19.3 Å². The Labute approximate surface area is 75.8 Å². The molecule has 0 aliphatic rings. The van der Waals surface area contributed by atoms with E-state index in [0.29, 0.717) is 5.69 Å². The molecule has 3 nitrogen and oxygen atoms in total. The Morgan fingerprint density at radius 1 is 1.31 bits per heavy atom. The van der Waals surface area contributed by atoms with Crippen molar-refractivity contribution in [3.63, 3.8) is 0 Å². The molecule has 0 atom stereocenters. The number of hydrogen-bond donors (Lipinski definition) is 3. The maximum Gasteiger partial charge on any atom is 0.125 e. The zero-order valence-corrected chi connectivity index (χ0v) is 7.07. The molecule has 0 aromatic heterocycles. The van der Waals surface area contributed by atoms with Gasteiger partial charge in [-0.15, -0.1) is 0 Å². The van der Waals surface area contributed by atoms with Gasteiger partial charge in [0.2, 0.25) is 0 Å². The van der Waals surface area contributed by atoms with Crippen molar-refractivity contribution < 1.29 is 14.6 Å². The maximum atomic E-state index is 12.7. The average molecular weight is 185 g/mol. The van der Waals surface area contributed by atoms with Crippen LogP contribution in [0.25, 0.3) is 0 Å². The number of rotatable bonds is 4. The van der Waals surface area contributed by atoms with Gasteiger partial charge in [0.1, 0.15) is 5.82 Å². The van der Waals surface area contributed by atoms with Crippen LogP contribution in [0, 0.1) is 5.82 Å². The minimum absolute atomic E-state index is 0.187. The molecule has 4 heteroatoms. The molecule has 0 spiro atoms. The van der Waals surface area contributed by atoms with Crippen LogP contribution in [0.15, 0.2) is 24.3 Å². The van der Waals surface area contributed by atoms with Crippen molar-refractivity contribution in [3.05, 3.63) is 30.1 Å². The van der Waals surface area contributed by atoms with Crippen LogP contribution in [0.3, 0.4) is 0 Å². The zero-order chi connectivity index (χ0) is 9.68. The molecule has 3 N–H and O–H groups in total. The topological polar surface area (TPSA) is 52.5 Å². The monoisotopic (exact) mass is 185 g/mol. The van der Waals surface area contributed by atoms with Crippen LogP contribution in [0.4, 0.5) is 10.1 Å². The van der Waals surface area contributed by atoms with Crippen LogP contribution in [0.5, 0.6) is 0 Å². The summed E-state index contributed by atoms with van der Waals surface area (Å²) in [6.45, 7) is -0.375. The molecule has 0 fully saturated rings. The summed E-state index contributed by atoms with van der Waals surface area (Å²) in [6, 6.07) is 5.42. The van der Waals surface area contributed by atoms with Crippen LogP contribution in [0.2, 0.25) is 0 Å². The van der Waals surface area contributed by atoms with Crippen LogP contribution >= 0.6 is 0 Å². The summed E-state index contributed by atoms with van der Waals surface area (Å²) in [5.74, 6) is -0.348. The normalized spacial score (nSPS) is 10.5. The summed E-state index contributed by atoms with van der Waals surface area (Å²) < 4.78 is 12.7. The first-order chi connectivity index (χ1) is 6.26. The standard InChI is InChI=1S/C9H12FNO2/c10-7-2-1-3-8(4-7)11-9(5-12)6-13/h1-4,9,11-13H,5-6H2. The second kappa shape index (κ2) is 4.79. The van der Waals surface area contributed by atoms with E-state index in [9.17, 15) is 4.39 Å². The van der Waals surface area contributed by atoms with Crippen molar-refractivity contribution in [1.29, 1.82) is 0 Å². The first-order valence-electron chi connectivity index (χ1n) is 4.00. The minimum atomic E-state index is -0.443. The Bertz CT molecular complexity index is 264. The smallest absolute Gasteiger partial charge is 0.125 e. The summed E-state index contributed by atoms with van der Waals surface area (Å²) in [4.78, 5) is 0. The molecule has 13 heavy (non-hydrogen) atoms. The Hall–Kier alpha value is -1.13. The maximum absolute atomic E-state index is 12.7. The van der Waals surface area contributed by atoms with Crippen LogP contribution in [0.1, 0.15) is 0 Å². The Morgan fingerprint density at radius 2 is 2.00 bits per heavy atom. The molecule has 0 aliphatic carbocycles. The second-order valence-electron chi connectivity index (χ2n) is 2.72. The van der Waals surface area contributed by atoms with E-state index < -0.39 is 6.04 Å². The molecule has 1 aromatic rings. The Morgan fingerprint density at radius 3 is 2.54 bits per heavy atom. The summed E-state index contributed by atoms with van der Waals surface area (Å²) in [6.07, 6.45) is 0. The lowest BCUT2D eigenvalue weighted by atomic mass is 10.2. The number of anilines is 1. The van der Waals surface area contributed by atoms with Crippen molar-refractivity contribution in [2.24, 2.45) is 0 Å². The van der Waals surface area contributed by atoms with Gasteiger partial charge in [-0.25, -0.2) is 4.39 Å². The summed E-state index contributed by atoms with van der Waals surface area (Å²) in [5, 5.41) is 20.3. The van der Waals surface area contributed by atoms with Crippen molar-refractivity contribution in [1.82, 2.24) is 0 Å². The molecule has 0 heterocycles. The summed E-state index contributed by atoms with van der Waals surface area (Å²) in [7, 11) is 0. The van der Waals surface area contributed by atoms with E-state index in [1.54, 1.807) is 12.1 Å². The van der Waals surface area contributed by atoms with E-state index in [-0.39, 0.29) is 19.0 Å². The highest BCUT2D eigenvalue weighted by molar-refractivity contribution is 5.43. The molecule has 0 amide bonds. The van der Waals surface area contributed by atoms with E-state index in [2.05, 4.69) is 5.32 Å². The third-order valence-electron chi connectivity index (χ3n) is 1.64. The van der Waals surface area contributed by atoms with E-state index in [1.807, 2.05) is 0 Å². The molecule has 0 bridgehead atoms. The highest BCUT2D eigenvalue weighted by atomic mass is 19.1. The lowest BCUT2D eigenvalue weighted by molar-refractivity contribution is 0.204. The fourth-order valence-electron chi connectivity index (χ4n) is 0.963. The Kier molecular flexibility index (Phi) is 3.67. The van der Waals surface area contributed by atoms with Gasteiger partial charge in [0.15, 0.2) is 0 Å². The molecule has 1 aromatic carbocycles. The number of nitrogens with one attached hydrogen (secondary N) is 1. The molecular weight excluding hydrogens is 173 g/mol. The first kappa shape index (κ1) is 9.95. The molecule has 0 radical (unpaired) electrons. The predicted molar refractivity (Wildman–Crippen MR) is 48.0 cm³/mol. The third-order valence-corrected chi connectivity index (χ3v) is 1.64. The highest BCUT2D eigenvalue weighted by Crippen LogP contribution is 2.09. The molecule has 0 aliphatic heterocycles. The number of halogens is 1. The van der Waals surface area contributed by atoms with Crippen molar-refractivity contribution >= 4 is 5.69 Å². The largest absolute Gasteiger partial charge is 0.394 e. The minimum Gasteiger partial charge on any atom is -0.394 e. The molecule has 0 unspecified atom stereocenters. The lowest BCUT2D eigenvalue weighted by Gasteiger charge is -2.14. The van der Waals surface area contributed by atoms with E-state index >= 15 is 0 Å². The van der Waals surface area contributed by atoms with E-state index in [1.165, 1.54) is 12.1 Å². The predicted octanol–water partition coefficient (Wildman–Crippen LogP) is 0.591. The number of benzene rings is 1. The second-order valence-corrected chi connectivity index (χ2v) is 2.72. The summed E-state index contributed by atoms with van der Waals surface area (Å²) >= 11 is 0. The third kappa shape index (κ3) is 3.01. The molecular formula is C9H12FNO2. The Balaban J connectivity index is 2.62. The first-order valence-corrected chi connectivity index (χ1v) is 4.00. The van der Waals surface area contributed by atoms with E-state index in [0.717, 1.165) is 0 Å². The highest BCUT2D eigenvalue weighted by Gasteiger charge is 2.04. The van der Waals surface area contributed by atoms with Crippen molar-refractivity contribution in [2.45, 2.75) is 6.04 Å². The van der Waals surface area contributed by atoms with Crippen LogP contribution < -0.4 is 5.32 Å². The molecule has 0 saturated heterocycles. The van der Waals surface area contributed by atoms with Gasteiger partial charge in [0, 0.05) is 5.69 Å². The summed E-state index contributed by atoms with van der Waals surface area (Å²) in [5.41, 5.74) is 0.549. The van der Waals surface area contributed by atoms with Crippen LogP contribution in [-0.2, 0) is 0 Å². The SMILES string of the molecule is OCC(CO)Nc1cccc(F)c1. The lowest BCUT2D eigenvalue weighted by Crippen LogP contribution is -2.27. The van der Waals surface area contributed by atoms with Gasteiger partial charge in [-0.2, -0.15) is 0 Å². The fraction of sp³-hybridized carbons (Fsp3) is 0.333. The molecule has 1 rings (SSSR count). The zero-order valence-electron chi connectivity index (χ0n) is 7.07. The van der Waals surface area contributed by atoms with E-state index in [4.69, 9.17) is 10.2 Å². The van der Waals surface area contributed by atoms with Crippen molar-refractivity contribution in [2.75, 3.05) is 18.5 Å². The average Bonchev–Trinajstić information content (AvgIpc) is 2.14. The number of hydrogen-bond acceptors (Lipinski definition) is 3. The molecule has 72 valence electrons. The van der Waals surface area contributed by atoms with Gasteiger partial charge < -0.3 is 15.5 Å². The molecule has 0 saturated carbocycles. The van der Waals surface area contributed by atoms with Gasteiger partial charge >= 0.3 is 0 Å². The fourth-order valence-corrected chi connectivity index (χ4v) is 0.963. The van der Waals surface area contributed by atoms with Gasteiger partial charge in [-0.1, -0.05) is 6.07 Å². The van der Waals surface area contributed by atoms with Gasteiger partial charge in [-0.05, 0) is 18.2 Å².